The number of ether oxygens (including phenoxy) is 1. The zero-order valence-corrected chi connectivity index (χ0v) is 9.91. The van der Waals surface area contributed by atoms with Crippen LogP contribution in [0.5, 0.6) is 5.75 Å². The molecule has 0 saturated carbocycles. The van der Waals surface area contributed by atoms with Gasteiger partial charge in [-0.3, -0.25) is 4.79 Å². The van der Waals surface area contributed by atoms with Gasteiger partial charge in [0.15, 0.2) is 0 Å². The summed E-state index contributed by atoms with van der Waals surface area (Å²) in [5.74, 6) is 0.680. The van der Waals surface area contributed by atoms with Crippen LogP contribution in [0.25, 0.3) is 0 Å². The smallest absolute Gasteiger partial charge is 0.234 e. The standard InChI is InChI=1S/C13H14N2O2/c1-13(6-3-7-14)10-8-9(17-2)4-5-11(10)15-12(13)16/h4-5,8H,3,6H2,1-2H3,(H,15,16). The van der Waals surface area contributed by atoms with Crippen molar-refractivity contribution in [2.45, 2.75) is 25.2 Å². The van der Waals surface area contributed by atoms with Crippen LogP contribution in [0.3, 0.4) is 0 Å². The molecule has 88 valence electrons. The Balaban J connectivity index is 2.44. The zero-order chi connectivity index (χ0) is 12.5. The summed E-state index contributed by atoms with van der Waals surface area (Å²) in [6, 6.07) is 7.61. The number of nitrogens with one attached hydrogen (secondary N) is 1. The van der Waals surface area contributed by atoms with Crippen LogP contribution in [0.1, 0.15) is 25.3 Å². The molecule has 4 nitrogen and oxygen atoms in total. The molecule has 4 heteroatoms. The van der Waals surface area contributed by atoms with Gasteiger partial charge in [0.1, 0.15) is 5.75 Å². The van der Waals surface area contributed by atoms with E-state index in [1.807, 2.05) is 25.1 Å². The van der Waals surface area contributed by atoms with E-state index in [0.717, 1.165) is 17.0 Å². The number of carbonyl (C=O) groups is 1. The minimum absolute atomic E-state index is 0.0454. The van der Waals surface area contributed by atoms with E-state index in [4.69, 9.17) is 10.00 Å². The Morgan fingerprint density at radius 3 is 2.94 bits per heavy atom. The predicted octanol–water partition coefficient (Wildman–Crippen LogP) is 2.21. The molecule has 0 saturated heterocycles. The quantitative estimate of drug-likeness (QED) is 0.865. The van der Waals surface area contributed by atoms with Crippen molar-refractivity contribution in [3.05, 3.63) is 23.8 Å². The lowest BCUT2D eigenvalue weighted by Gasteiger charge is -2.20. The largest absolute Gasteiger partial charge is 0.497 e. The van der Waals surface area contributed by atoms with E-state index in [2.05, 4.69) is 11.4 Å². The third-order valence-electron chi connectivity index (χ3n) is 3.31. The highest BCUT2D eigenvalue weighted by atomic mass is 16.5. The van der Waals surface area contributed by atoms with E-state index < -0.39 is 5.41 Å². The Bertz CT molecular complexity index is 505. The Kier molecular flexibility index (Phi) is 2.76. The summed E-state index contributed by atoms with van der Waals surface area (Å²) in [5.41, 5.74) is 1.10. The molecular weight excluding hydrogens is 216 g/mol. The first kappa shape index (κ1) is 11.5. The fraction of sp³-hybridized carbons (Fsp3) is 0.385. The van der Waals surface area contributed by atoms with Crippen LogP contribution in [0.15, 0.2) is 18.2 Å². The molecule has 1 aliphatic heterocycles. The highest BCUT2D eigenvalue weighted by Gasteiger charge is 2.42. The first-order valence-corrected chi connectivity index (χ1v) is 5.49. The Hall–Kier alpha value is -2.02. The number of nitrogens with zero attached hydrogens (tertiary/aromatic N) is 1. The zero-order valence-electron chi connectivity index (χ0n) is 9.91. The monoisotopic (exact) mass is 230 g/mol. The van der Waals surface area contributed by atoms with E-state index in [1.54, 1.807) is 7.11 Å². The number of nitriles is 1. The fourth-order valence-electron chi connectivity index (χ4n) is 2.15. The van der Waals surface area contributed by atoms with Gasteiger partial charge >= 0.3 is 0 Å². The predicted molar refractivity (Wildman–Crippen MR) is 63.8 cm³/mol. The van der Waals surface area contributed by atoms with E-state index in [-0.39, 0.29) is 5.91 Å². The third-order valence-corrected chi connectivity index (χ3v) is 3.31. The lowest BCUT2D eigenvalue weighted by molar-refractivity contribution is -0.120. The van der Waals surface area contributed by atoms with Gasteiger partial charge in [-0.05, 0) is 37.1 Å². The van der Waals surface area contributed by atoms with E-state index >= 15 is 0 Å². The van der Waals surface area contributed by atoms with Crippen molar-refractivity contribution in [1.29, 1.82) is 5.26 Å². The van der Waals surface area contributed by atoms with Crippen molar-refractivity contribution >= 4 is 11.6 Å². The number of rotatable bonds is 3. The van der Waals surface area contributed by atoms with Crippen molar-refractivity contribution in [3.8, 4) is 11.8 Å². The molecule has 0 aliphatic carbocycles. The average molecular weight is 230 g/mol. The molecule has 1 unspecified atom stereocenters. The van der Waals surface area contributed by atoms with Gasteiger partial charge in [0.2, 0.25) is 5.91 Å². The molecule has 0 fully saturated rings. The van der Waals surface area contributed by atoms with Crippen molar-refractivity contribution in [2.24, 2.45) is 0 Å². The van der Waals surface area contributed by atoms with Gasteiger partial charge in [-0.1, -0.05) is 0 Å². The van der Waals surface area contributed by atoms with Crippen molar-refractivity contribution in [3.63, 3.8) is 0 Å². The van der Waals surface area contributed by atoms with Crippen LogP contribution in [0, 0.1) is 11.3 Å². The molecule has 1 atom stereocenters. The topological polar surface area (TPSA) is 62.1 Å². The molecule has 17 heavy (non-hydrogen) atoms. The van der Waals surface area contributed by atoms with Crippen LogP contribution in [-0.2, 0) is 10.2 Å². The second-order valence-electron chi connectivity index (χ2n) is 4.36. The molecule has 0 radical (unpaired) electrons. The number of amides is 1. The van der Waals surface area contributed by atoms with Crippen LogP contribution in [0.4, 0.5) is 5.69 Å². The SMILES string of the molecule is COc1ccc2c(c1)C(C)(CCC#N)C(=O)N2. The van der Waals surface area contributed by atoms with Crippen molar-refractivity contribution < 1.29 is 9.53 Å². The molecule has 2 rings (SSSR count). The van der Waals surface area contributed by atoms with Gasteiger partial charge < -0.3 is 10.1 Å². The first-order valence-electron chi connectivity index (χ1n) is 5.49. The van der Waals surface area contributed by atoms with Gasteiger partial charge in [-0.25, -0.2) is 0 Å². The number of methoxy groups -OCH3 is 1. The molecule has 1 aliphatic rings. The highest BCUT2D eigenvalue weighted by molar-refractivity contribution is 6.06. The summed E-state index contributed by atoms with van der Waals surface area (Å²) in [6.45, 7) is 1.87. The van der Waals surface area contributed by atoms with E-state index in [1.165, 1.54) is 0 Å². The molecule has 1 heterocycles. The summed E-state index contributed by atoms with van der Waals surface area (Å²) < 4.78 is 5.17. The molecule has 0 aromatic heterocycles. The Morgan fingerprint density at radius 1 is 1.53 bits per heavy atom. The summed E-state index contributed by atoms with van der Waals surface area (Å²) in [7, 11) is 1.60. The minimum atomic E-state index is -0.625. The van der Waals surface area contributed by atoms with Gasteiger partial charge in [-0.2, -0.15) is 5.26 Å². The maximum absolute atomic E-state index is 12.0. The highest BCUT2D eigenvalue weighted by Crippen LogP contribution is 2.42. The van der Waals surface area contributed by atoms with Crippen LogP contribution in [-0.4, -0.2) is 13.0 Å². The van der Waals surface area contributed by atoms with Gasteiger partial charge in [-0.15, -0.1) is 0 Å². The summed E-state index contributed by atoms with van der Waals surface area (Å²) in [5, 5.41) is 11.5. The van der Waals surface area contributed by atoms with E-state index in [9.17, 15) is 4.79 Å². The fourth-order valence-corrected chi connectivity index (χ4v) is 2.15. The molecule has 1 aromatic rings. The summed E-state index contributed by atoms with van der Waals surface area (Å²) in [4.78, 5) is 12.0. The summed E-state index contributed by atoms with van der Waals surface area (Å²) >= 11 is 0. The number of benzene rings is 1. The Labute approximate surface area is 100 Å². The Morgan fingerprint density at radius 2 is 2.29 bits per heavy atom. The van der Waals surface area contributed by atoms with Crippen LogP contribution in [0.2, 0.25) is 0 Å². The van der Waals surface area contributed by atoms with E-state index in [0.29, 0.717) is 12.8 Å². The number of fused-ring (bicyclic) bond motifs is 1. The lowest BCUT2D eigenvalue weighted by Crippen LogP contribution is -2.30. The second kappa shape index (κ2) is 4.10. The number of carbonyl (C=O) groups excluding carboxylic acids is 1. The van der Waals surface area contributed by atoms with Gasteiger partial charge in [0.25, 0.3) is 0 Å². The number of hydrogen-bond donors (Lipinski definition) is 1. The normalized spacial score (nSPS) is 21.6. The van der Waals surface area contributed by atoms with Crippen molar-refractivity contribution in [2.75, 3.05) is 12.4 Å². The number of hydrogen-bond acceptors (Lipinski definition) is 3. The minimum Gasteiger partial charge on any atom is -0.497 e. The second-order valence-corrected chi connectivity index (χ2v) is 4.36. The molecule has 1 N–H and O–H groups in total. The molecule has 0 bridgehead atoms. The maximum atomic E-state index is 12.0. The van der Waals surface area contributed by atoms with Crippen LogP contribution >= 0.6 is 0 Å². The lowest BCUT2D eigenvalue weighted by atomic mass is 9.80. The van der Waals surface area contributed by atoms with Crippen molar-refractivity contribution in [1.82, 2.24) is 0 Å². The van der Waals surface area contributed by atoms with Crippen LogP contribution < -0.4 is 10.1 Å². The number of anilines is 1. The average Bonchev–Trinajstić information content (AvgIpc) is 2.59. The summed E-state index contributed by atoms with van der Waals surface area (Å²) in [6.07, 6.45) is 0.885. The van der Waals surface area contributed by atoms with Gasteiger partial charge in [0.05, 0.1) is 18.6 Å². The molecule has 1 amide bonds. The molecular formula is C13H14N2O2. The van der Waals surface area contributed by atoms with Gasteiger partial charge in [0, 0.05) is 12.1 Å². The first-order chi connectivity index (χ1) is 8.11. The maximum Gasteiger partial charge on any atom is 0.234 e. The molecule has 0 spiro atoms. The molecule has 1 aromatic carbocycles. The third kappa shape index (κ3) is 1.74.